The maximum absolute atomic E-state index is 12.4. The molecule has 0 saturated carbocycles. The largest absolute Gasteiger partial charge is 0.508 e. The summed E-state index contributed by atoms with van der Waals surface area (Å²) in [6.45, 7) is 2.32. The zero-order chi connectivity index (χ0) is 13.8. The average Bonchev–Trinajstić information content (AvgIpc) is 2.39. The number of aromatic nitrogens is 1. The second-order valence-electron chi connectivity index (χ2n) is 3.91. The van der Waals surface area contributed by atoms with Crippen LogP contribution in [0, 0.1) is 0 Å². The molecule has 0 saturated heterocycles. The topological polar surface area (TPSA) is 53.4 Å². The maximum Gasteiger partial charge on any atom is 0.276 e. The number of hydrogen-bond acceptors (Lipinski definition) is 3. The summed E-state index contributed by atoms with van der Waals surface area (Å²) in [5.74, 6) is -0.140. The third kappa shape index (κ3) is 3.03. The molecule has 5 heteroatoms. The predicted molar refractivity (Wildman–Crippen MR) is 74.7 cm³/mol. The van der Waals surface area contributed by atoms with Crippen LogP contribution in [0.2, 0.25) is 5.15 Å². The summed E-state index contributed by atoms with van der Waals surface area (Å²) in [6, 6.07) is 11.4. The highest BCUT2D eigenvalue weighted by Crippen LogP contribution is 2.21. The van der Waals surface area contributed by atoms with Gasteiger partial charge in [-0.05, 0) is 31.2 Å². The summed E-state index contributed by atoms with van der Waals surface area (Å²) in [4.78, 5) is 17.9. The molecule has 2 rings (SSSR count). The van der Waals surface area contributed by atoms with Gasteiger partial charge in [-0.15, -0.1) is 0 Å². The van der Waals surface area contributed by atoms with Crippen molar-refractivity contribution >= 4 is 23.2 Å². The second-order valence-corrected chi connectivity index (χ2v) is 4.30. The lowest BCUT2D eigenvalue weighted by Crippen LogP contribution is -2.31. The van der Waals surface area contributed by atoms with Crippen molar-refractivity contribution in [3.8, 4) is 5.75 Å². The van der Waals surface area contributed by atoms with Crippen molar-refractivity contribution in [2.24, 2.45) is 0 Å². The van der Waals surface area contributed by atoms with E-state index in [1.165, 1.54) is 11.0 Å². The van der Waals surface area contributed by atoms with Crippen LogP contribution < -0.4 is 4.90 Å². The van der Waals surface area contributed by atoms with Crippen molar-refractivity contribution in [2.45, 2.75) is 6.92 Å². The highest BCUT2D eigenvalue weighted by molar-refractivity contribution is 6.29. The van der Waals surface area contributed by atoms with Crippen LogP contribution in [0.5, 0.6) is 5.75 Å². The van der Waals surface area contributed by atoms with Gasteiger partial charge in [0, 0.05) is 18.3 Å². The number of benzene rings is 1. The monoisotopic (exact) mass is 276 g/mol. The summed E-state index contributed by atoms with van der Waals surface area (Å²) < 4.78 is 0. The predicted octanol–water partition coefficient (Wildman–Crippen LogP) is 3.11. The average molecular weight is 277 g/mol. The van der Waals surface area contributed by atoms with E-state index >= 15 is 0 Å². The number of pyridine rings is 1. The summed E-state index contributed by atoms with van der Waals surface area (Å²) in [6.07, 6.45) is 0. The number of phenols is 1. The highest BCUT2D eigenvalue weighted by Gasteiger charge is 2.17. The Morgan fingerprint density at radius 1 is 1.32 bits per heavy atom. The van der Waals surface area contributed by atoms with Gasteiger partial charge in [0.15, 0.2) is 0 Å². The van der Waals surface area contributed by atoms with Crippen molar-refractivity contribution in [2.75, 3.05) is 11.4 Å². The molecule has 0 atom stereocenters. The molecule has 1 heterocycles. The second kappa shape index (κ2) is 5.71. The molecule has 0 unspecified atom stereocenters. The van der Waals surface area contributed by atoms with Gasteiger partial charge in [-0.2, -0.15) is 0 Å². The molecule has 1 amide bonds. The molecule has 0 fully saturated rings. The number of amides is 1. The minimum absolute atomic E-state index is 0.114. The number of anilines is 1. The number of carbonyl (C=O) groups is 1. The first-order valence-electron chi connectivity index (χ1n) is 5.85. The van der Waals surface area contributed by atoms with Crippen molar-refractivity contribution in [3.63, 3.8) is 0 Å². The number of carbonyl (C=O) groups excluding carboxylic acids is 1. The van der Waals surface area contributed by atoms with Gasteiger partial charge in [-0.25, -0.2) is 4.98 Å². The first kappa shape index (κ1) is 13.4. The fourth-order valence-electron chi connectivity index (χ4n) is 1.77. The number of halogens is 1. The van der Waals surface area contributed by atoms with Gasteiger partial charge in [0.05, 0.1) is 0 Å². The van der Waals surface area contributed by atoms with Crippen molar-refractivity contribution in [1.82, 2.24) is 4.98 Å². The fourth-order valence-corrected chi connectivity index (χ4v) is 1.93. The lowest BCUT2D eigenvalue weighted by atomic mass is 10.2. The molecule has 0 bridgehead atoms. The Bertz CT molecular complexity index is 602. The molecule has 0 aliphatic heterocycles. The highest BCUT2D eigenvalue weighted by atomic mass is 35.5. The minimum atomic E-state index is -0.254. The van der Waals surface area contributed by atoms with Crippen molar-refractivity contribution in [3.05, 3.63) is 53.3 Å². The van der Waals surface area contributed by atoms with Crippen LogP contribution in [-0.4, -0.2) is 22.5 Å². The number of nitrogens with zero attached hydrogens (tertiary/aromatic N) is 2. The Morgan fingerprint density at radius 3 is 2.68 bits per heavy atom. The first-order valence-corrected chi connectivity index (χ1v) is 6.23. The van der Waals surface area contributed by atoms with Crippen LogP contribution >= 0.6 is 11.6 Å². The molecule has 0 aliphatic carbocycles. The molecular formula is C14H13ClN2O2. The first-order chi connectivity index (χ1) is 9.11. The fraction of sp³-hybridized carbons (Fsp3) is 0.143. The molecule has 98 valence electrons. The third-order valence-corrected chi connectivity index (χ3v) is 2.85. The number of phenolic OH excluding ortho intramolecular Hbond substituents is 1. The summed E-state index contributed by atoms with van der Waals surface area (Å²) in [5, 5.41) is 9.75. The van der Waals surface area contributed by atoms with E-state index in [1.54, 1.807) is 36.4 Å². The van der Waals surface area contributed by atoms with Gasteiger partial charge in [0.1, 0.15) is 16.6 Å². The van der Waals surface area contributed by atoms with Crippen molar-refractivity contribution in [1.29, 1.82) is 0 Å². The molecule has 4 nitrogen and oxygen atoms in total. The van der Waals surface area contributed by atoms with Crippen LogP contribution in [0.1, 0.15) is 17.4 Å². The Kier molecular flexibility index (Phi) is 4.02. The third-order valence-electron chi connectivity index (χ3n) is 2.64. The summed E-state index contributed by atoms with van der Waals surface area (Å²) in [5.41, 5.74) is 0.895. The van der Waals surface area contributed by atoms with Crippen LogP contribution in [-0.2, 0) is 0 Å². The van der Waals surface area contributed by atoms with E-state index in [1.807, 2.05) is 6.92 Å². The van der Waals surface area contributed by atoms with Crippen LogP contribution in [0.25, 0.3) is 0 Å². The summed E-state index contributed by atoms with van der Waals surface area (Å²) >= 11 is 5.79. The lowest BCUT2D eigenvalue weighted by molar-refractivity contribution is 0.0983. The molecular weight excluding hydrogens is 264 g/mol. The Morgan fingerprint density at radius 2 is 2.05 bits per heavy atom. The zero-order valence-electron chi connectivity index (χ0n) is 10.4. The van der Waals surface area contributed by atoms with Gasteiger partial charge >= 0.3 is 0 Å². The maximum atomic E-state index is 12.4. The van der Waals surface area contributed by atoms with Gasteiger partial charge in [-0.3, -0.25) is 4.79 Å². The van der Waals surface area contributed by atoms with Crippen LogP contribution in [0.15, 0.2) is 42.5 Å². The van der Waals surface area contributed by atoms with E-state index in [9.17, 15) is 9.90 Å². The normalized spacial score (nSPS) is 10.2. The lowest BCUT2D eigenvalue weighted by Gasteiger charge is -2.20. The van der Waals surface area contributed by atoms with E-state index in [-0.39, 0.29) is 22.5 Å². The molecule has 0 spiro atoms. The summed E-state index contributed by atoms with van der Waals surface area (Å²) in [7, 11) is 0. The Labute approximate surface area is 116 Å². The number of hydrogen-bond donors (Lipinski definition) is 1. The van der Waals surface area contributed by atoms with E-state index in [2.05, 4.69) is 4.98 Å². The molecule has 19 heavy (non-hydrogen) atoms. The Hall–Kier alpha value is -2.07. The Balaban J connectivity index is 2.34. The SMILES string of the molecule is CCN(C(=O)c1cccc(Cl)n1)c1cccc(O)c1. The quantitative estimate of drug-likeness (QED) is 0.877. The van der Waals surface area contributed by atoms with Crippen LogP contribution in [0.3, 0.4) is 0 Å². The van der Waals surface area contributed by atoms with E-state index in [0.29, 0.717) is 12.2 Å². The van der Waals surface area contributed by atoms with Gasteiger partial charge in [0.25, 0.3) is 5.91 Å². The standard InChI is InChI=1S/C14H13ClN2O2/c1-2-17(10-5-3-6-11(18)9-10)14(19)12-7-4-8-13(15)16-12/h3-9,18H,2H2,1H3. The van der Waals surface area contributed by atoms with Gasteiger partial charge < -0.3 is 10.0 Å². The minimum Gasteiger partial charge on any atom is -0.508 e. The zero-order valence-corrected chi connectivity index (χ0v) is 11.1. The smallest absolute Gasteiger partial charge is 0.276 e. The van der Waals surface area contributed by atoms with Gasteiger partial charge in [0.2, 0.25) is 0 Å². The number of aromatic hydroxyl groups is 1. The van der Waals surface area contributed by atoms with E-state index < -0.39 is 0 Å². The molecule has 1 aromatic carbocycles. The molecule has 2 aromatic rings. The van der Waals surface area contributed by atoms with Gasteiger partial charge in [-0.1, -0.05) is 23.7 Å². The van der Waals surface area contributed by atoms with E-state index in [0.717, 1.165) is 0 Å². The molecule has 1 N–H and O–H groups in total. The molecule has 1 aromatic heterocycles. The molecule has 0 aliphatic rings. The van der Waals surface area contributed by atoms with E-state index in [4.69, 9.17) is 11.6 Å². The van der Waals surface area contributed by atoms with Crippen molar-refractivity contribution < 1.29 is 9.90 Å². The van der Waals surface area contributed by atoms with Crippen LogP contribution in [0.4, 0.5) is 5.69 Å². The molecule has 0 radical (unpaired) electrons. The number of rotatable bonds is 3.